The molecule has 0 radical (unpaired) electrons. The smallest absolute Gasteiger partial charge is 0.315 e. The van der Waals surface area contributed by atoms with Crippen molar-refractivity contribution in [3.8, 4) is 0 Å². The molecule has 3 N–H and O–H groups in total. The monoisotopic (exact) mass is 326 g/mol. The van der Waals surface area contributed by atoms with E-state index in [1.807, 2.05) is 55.5 Å². The molecule has 4 heteroatoms. The number of benzene rings is 2. The van der Waals surface area contributed by atoms with Crippen LogP contribution in [0.5, 0.6) is 0 Å². The van der Waals surface area contributed by atoms with Gasteiger partial charge in [0.2, 0.25) is 0 Å². The van der Waals surface area contributed by atoms with Crippen molar-refractivity contribution in [3.05, 3.63) is 71.8 Å². The van der Waals surface area contributed by atoms with Gasteiger partial charge >= 0.3 is 6.03 Å². The maximum Gasteiger partial charge on any atom is 0.315 e. The molecule has 128 valence electrons. The first-order valence-electron chi connectivity index (χ1n) is 8.46. The van der Waals surface area contributed by atoms with Gasteiger partial charge in [-0.15, -0.1) is 0 Å². The van der Waals surface area contributed by atoms with Crippen LogP contribution in [0.15, 0.2) is 60.7 Å². The molecule has 0 fully saturated rings. The Balaban J connectivity index is 2.02. The molecule has 4 nitrogen and oxygen atoms in total. The van der Waals surface area contributed by atoms with Crippen LogP contribution in [0.3, 0.4) is 0 Å². The highest BCUT2D eigenvalue weighted by atomic mass is 16.3. The number of hydrogen-bond acceptors (Lipinski definition) is 2. The maximum absolute atomic E-state index is 12.3. The van der Waals surface area contributed by atoms with Crippen LogP contribution in [0.25, 0.3) is 0 Å². The lowest BCUT2D eigenvalue weighted by atomic mass is 9.99. The fourth-order valence-electron chi connectivity index (χ4n) is 2.68. The molecule has 0 spiro atoms. The molecule has 0 bridgehead atoms. The first-order valence-corrected chi connectivity index (χ1v) is 8.46. The number of amides is 2. The Kier molecular flexibility index (Phi) is 7.30. The van der Waals surface area contributed by atoms with E-state index in [1.165, 1.54) is 5.56 Å². The maximum atomic E-state index is 12.3. The Morgan fingerprint density at radius 3 is 2.25 bits per heavy atom. The van der Waals surface area contributed by atoms with Crippen molar-refractivity contribution in [2.75, 3.05) is 6.61 Å². The molecule has 24 heavy (non-hydrogen) atoms. The number of rotatable bonds is 8. The summed E-state index contributed by atoms with van der Waals surface area (Å²) in [5.41, 5.74) is 2.26. The van der Waals surface area contributed by atoms with Gasteiger partial charge in [0, 0.05) is 12.6 Å². The second-order valence-corrected chi connectivity index (χ2v) is 6.04. The molecule has 0 aliphatic carbocycles. The van der Waals surface area contributed by atoms with Crippen molar-refractivity contribution >= 4 is 6.03 Å². The average molecular weight is 326 g/mol. The lowest BCUT2D eigenvalue weighted by Gasteiger charge is -2.22. The van der Waals surface area contributed by atoms with Crippen LogP contribution in [0.1, 0.15) is 36.9 Å². The van der Waals surface area contributed by atoms with Gasteiger partial charge in [-0.2, -0.15) is 0 Å². The summed E-state index contributed by atoms with van der Waals surface area (Å²) in [5, 5.41) is 14.9. The zero-order chi connectivity index (χ0) is 17.2. The number of aliphatic hydroxyl groups is 1. The van der Waals surface area contributed by atoms with Crippen LogP contribution >= 0.6 is 0 Å². The normalized spacial score (nSPS) is 13.1. The van der Waals surface area contributed by atoms with E-state index < -0.39 is 0 Å². The minimum atomic E-state index is -0.176. The molecule has 2 aromatic carbocycles. The SMILES string of the molecule is CC(CCCO)NC(=O)NC(Cc1ccccc1)c1ccccc1. The molecule has 2 rings (SSSR count). The van der Waals surface area contributed by atoms with Crippen molar-refractivity contribution in [2.45, 2.75) is 38.3 Å². The first kappa shape index (κ1) is 18.0. The molecule has 2 aromatic rings. The van der Waals surface area contributed by atoms with E-state index in [-0.39, 0.29) is 24.7 Å². The third-order valence-corrected chi connectivity index (χ3v) is 3.96. The largest absolute Gasteiger partial charge is 0.396 e. The van der Waals surface area contributed by atoms with E-state index in [1.54, 1.807) is 0 Å². The minimum absolute atomic E-state index is 0.0327. The predicted octanol–water partition coefficient (Wildman–Crippen LogP) is 3.43. The molecule has 2 unspecified atom stereocenters. The van der Waals surface area contributed by atoms with Gasteiger partial charge in [0.25, 0.3) is 0 Å². The van der Waals surface area contributed by atoms with Gasteiger partial charge in [0.05, 0.1) is 6.04 Å². The topological polar surface area (TPSA) is 61.4 Å². The number of nitrogens with one attached hydrogen (secondary N) is 2. The molecule has 2 amide bonds. The molecule has 2 atom stereocenters. The molecule has 0 heterocycles. The zero-order valence-corrected chi connectivity index (χ0v) is 14.1. The fraction of sp³-hybridized carbons (Fsp3) is 0.350. The second kappa shape index (κ2) is 9.73. The van der Waals surface area contributed by atoms with E-state index in [9.17, 15) is 4.79 Å². The molecule has 0 saturated heterocycles. The standard InChI is InChI=1S/C20H26N2O2/c1-16(9-8-14-23)21-20(24)22-19(18-12-6-3-7-13-18)15-17-10-4-2-5-11-17/h2-7,10-13,16,19,23H,8-9,14-15H2,1H3,(H2,21,22,24). The number of urea groups is 1. The Labute approximate surface area is 143 Å². The van der Waals surface area contributed by atoms with Crippen molar-refractivity contribution in [1.29, 1.82) is 0 Å². The summed E-state index contributed by atoms with van der Waals surface area (Å²) in [5.74, 6) is 0. The molecule has 0 aliphatic heterocycles. The quantitative estimate of drug-likeness (QED) is 0.696. The number of carbonyl (C=O) groups is 1. The second-order valence-electron chi connectivity index (χ2n) is 6.04. The van der Waals surface area contributed by atoms with Gasteiger partial charge < -0.3 is 15.7 Å². The highest BCUT2D eigenvalue weighted by Crippen LogP contribution is 2.18. The van der Waals surface area contributed by atoms with E-state index in [0.717, 1.165) is 18.4 Å². The summed E-state index contributed by atoms with van der Waals surface area (Å²) in [6.07, 6.45) is 2.19. The highest BCUT2D eigenvalue weighted by molar-refractivity contribution is 5.74. The molecule has 0 aromatic heterocycles. The summed E-state index contributed by atoms with van der Waals surface area (Å²) >= 11 is 0. The average Bonchev–Trinajstić information content (AvgIpc) is 2.61. The van der Waals surface area contributed by atoms with E-state index in [2.05, 4.69) is 22.8 Å². The van der Waals surface area contributed by atoms with Gasteiger partial charge in [0.1, 0.15) is 0 Å². The summed E-state index contributed by atoms with van der Waals surface area (Å²) in [4.78, 5) is 12.3. The van der Waals surface area contributed by atoms with Crippen LogP contribution in [-0.4, -0.2) is 23.8 Å². The predicted molar refractivity (Wildman–Crippen MR) is 96.8 cm³/mol. The zero-order valence-electron chi connectivity index (χ0n) is 14.1. The molecular weight excluding hydrogens is 300 g/mol. The van der Waals surface area contributed by atoms with E-state index in [4.69, 9.17) is 5.11 Å². The Morgan fingerprint density at radius 1 is 1.00 bits per heavy atom. The number of carbonyl (C=O) groups excluding carboxylic acids is 1. The van der Waals surface area contributed by atoms with Crippen molar-refractivity contribution < 1.29 is 9.90 Å². The van der Waals surface area contributed by atoms with Crippen molar-refractivity contribution in [1.82, 2.24) is 10.6 Å². The van der Waals surface area contributed by atoms with Crippen LogP contribution in [0.4, 0.5) is 4.79 Å². The molecular formula is C20H26N2O2. The van der Waals surface area contributed by atoms with Crippen LogP contribution in [-0.2, 0) is 6.42 Å². The van der Waals surface area contributed by atoms with Crippen LogP contribution in [0, 0.1) is 0 Å². The molecule has 0 saturated carbocycles. The Morgan fingerprint density at radius 2 is 1.62 bits per heavy atom. The summed E-state index contributed by atoms with van der Waals surface area (Å²) in [6.45, 7) is 2.10. The Hall–Kier alpha value is -2.33. The van der Waals surface area contributed by atoms with Gasteiger partial charge in [-0.1, -0.05) is 60.7 Å². The Bertz CT molecular complexity index is 602. The van der Waals surface area contributed by atoms with Gasteiger partial charge in [0.15, 0.2) is 0 Å². The lowest BCUT2D eigenvalue weighted by Crippen LogP contribution is -2.43. The van der Waals surface area contributed by atoms with Crippen LogP contribution in [0.2, 0.25) is 0 Å². The number of aliphatic hydroxyl groups excluding tert-OH is 1. The molecule has 0 aliphatic rings. The third-order valence-electron chi connectivity index (χ3n) is 3.96. The summed E-state index contributed by atoms with van der Waals surface area (Å²) in [7, 11) is 0. The van der Waals surface area contributed by atoms with Crippen LogP contribution < -0.4 is 10.6 Å². The van der Waals surface area contributed by atoms with Gasteiger partial charge in [-0.3, -0.25) is 0 Å². The van der Waals surface area contributed by atoms with E-state index in [0.29, 0.717) is 6.42 Å². The highest BCUT2D eigenvalue weighted by Gasteiger charge is 2.16. The summed E-state index contributed by atoms with van der Waals surface area (Å²) in [6, 6.07) is 19.9. The summed E-state index contributed by atoms with van der Waals surface area (Å²) < 4.78 is 0. The van der Waals surface area contributed by atoms with E-state index >= 15 is 0 Å². The minimum Gasteiger partial charge on any atom is -0.396 e. The van der Waals surface area contributed by atoms with Gasteiger partial charge in [-0.05, 0) is 37.3 Å². The lowest BCUT2D eigenvalue weighted by molar-refractivity contribution is 0.230. The third kappa shape index (κ3) is 6.05. The van der Waals surface area contributed by atoms with Crippen molar-refractivity contribution in [3.63, 3.8) is 0 Å². The van der Waals surface area contributed by atoms with Crippen molar-refractivity contribution in [2.24, 2.45) is 0 Å². The first-order chi connectivity index (χ1) is 11.7. The fourth-order valence-corrected chi connectivity index (χ4v) is 2.68. The number of hydrogen-bond donors (Lipinski definition) is 3. The van der Waals surface area contributed by atoms with Gasteiger partial charge in [-0.25, -0.2) is 4.79 Å².